The van der Waals surface area contributed by atoms with Crippen LogP contribution in [0.5, 0.6) is 0 Å². The highest BCUT2D eigenvalue weighted by Gasteiger charge is 2.11. The summed E-state index contributed by atoms with van der Waals surface area (Å²) in [6.07, 6.45) is 3.11. The molecule has 2 aromatic rings. The minimum absolute atomic E-state index is 0.297. The highest BCUT2D eigenvalue weighted by atomic mass is 35.5. The quantitative estimate of drug-likeness (QED) is 0.776. The molecular weight excluding hydrogens is 278 g/mol. The molecule has 0 aliphatic heterocycles. The molecule has 2 nitrogen and oxygen atoms in total. The van der Waals surface area contributed by atoms with Crippen LogP contribution in [0.3, 0.4) is 0 Å². The lowest BCUT2D eigenvalue weighted by Crippen LogP contribution is -2.18. The number of fused-ring (bicyclic) bond motifs is 1. The first-order valence-electron chi connectivity index (χ1n) is 6.67. The summed E-state index contributed by atoms with van der Waals surface area (Å²) >= 11 is 8.22. The summed E-state index contributed by atoms with van der Waals surface area (Å²) in [5.74, 6) is 0. The van der Waals surface area contributed by atoms with E-state index in [1.165, 1.54) is 9.58 Å². The van der Waals surface area contributed by atoms with Crippen LogP contribution in [-0.4, -0.2) is 30.2 Å². The Kier molecular flexibility index (Phi) is 5.64. The number of aliphatic hydroxyl groups excluding tert-OH is 1. The zero-order valence-corrected chi connectivity index (χ0v) is 12.8. The van der Waals surface area contributed by atoms with Gasteiger partial charge in [0.25, 0.3) is 0 Å². The highest BCUT2D eigenvalue weighted by Crippen LogP contribution is 2.35. The van der Waals surface area contributed by atoms with Crippen LogP contribution >= 0.6 is 22.9 Å². The van der Waals surface area contributed by atoms with E-state index in [1.807, 2.05) is 6.07 Å². The first-order valence-corrected chi connectivity index (χ1v) is 7.87. The van der Waals surface area contributed by atoms with Crippen molar-refractivity contribution in [3.05, 3.63) is 34.2 Å². The second-order valence-corrected chi connectivity index (χ2v) is 6.37. The molecule has 0 bridgehead atoms. The smallest absolute Gasteiger partial charge is 0.0637 e. The van der Waals surface area contributed by atoms with Crippen molar-refractivity contribution in [3.8, 4) is 0 Å². The van der Waals surface area contributed by atoms with Gasteiger partial charge in [-0.2, -0.15) is 0 Å². The number of hydrogen-bond acceptors (Lipinski definition) is 3. The number of benzene rings is 1. The number of hydrogen-bond donors (Lipinski definition) is 1. The lowest BCUT2D eigenvalue weighted by molar-refractivity contribution is 0.271. The lowest BCUT2D eigenvalue weighted by Gasteiger charge is -2.15. The van der Waals surface area contributed by atoms with Crippen molar-refractivity contribution < 1.29 is 5.11 Å². The molecule has 0 fully saturated rings. The van der Waals surface area contributed by atoms with Crippen LogP contribution in [0.1, 0.15) is 24.1 Å². The van der Waals surface area contributed by atoms with Gasteiger partial charge in [-0.3, -0.25) is 0 Å². The predicted octanol–water partition coefficient (Wildman–Crippen LogP) is 4.15. The van der Waals surface area contributed by atoms with Crippen LogP contribution in [0.25, 0.3) is 10.1 Å². The van der Waals surface area contributed by atoms with Crippen LogP contribution < -0.4 is 0 Å². The first-order chi connectivity index (χ1) is 9.22. The third-order valence-electron chi connectivity index (χ3n) is 3.21. The van der Waals surface area contributed by atoms with Crippen LogP contribution in [0.4, 0.5) is 0 Å². The number of thiophene rings is 1. The topological polar surface area (TPSA) is 23.5 Å². The molecule has 0 spiro atoms. The largest absolute Gasteiger partial charge is 0.396 e. The Morgan fingerprint density at radius 2 is 2.00 bits per heavy atom. The molecule has 0 aliphatic rings. The van der Waals surface area contributed by atoms with Gasteiger partial charge in [0.1, 0.15) is 0 Å². The standard InChI is InChI=1S/C15H20ClNOS/c1-17(9-5-2-6-10-18)11-14-15(16)12-7-3-4-8-13(12)19-14/h3-4,7-8,18H,2,5-6,9-11H2,1H3. The Hall–Kier alpha value is -0.610. The summed E-state index contributed by atoms with van der Waals surface area (Å²) in [5, 5.41) is 10.8. The fourth-order valence-corrected chi connectivity index (χ4v) is 3.73. The average molecular weight is 298 g/mol. The molecule has 1 aromatic carbocycles. The van der Waals surface area contributed by atoms with E-state index >= 15 is 0 Å². The molecule has 0 unspecified atom stereocenters. The monoisotopic (exact) mass is 297 g/mol. The molecule has 4 heteroatoms. The minimum Gasteiger partial charge on any atom is -0.396 e. The molecule has 0 amide bonds. The molecule has 19 heavy (non-hydrogen) atoms. The van der Waals surface area contributed by atoms with E-state index in [0.717, 1.165) is 42.8 Å². The van der Waals surface area contributed by atoms with E-state index in [1.54, 1.807) is 11.3 Å². The molecule has 0 saturated heterocycles. The first kappa shape index (κ1) is 14.8. The Labute approximate surface area is 123 Å². The number of unbranched alkanes of at least 4 members (excludes halogenated alkanes) is 2. The third kappa shape index (κ3) is 3.93. The number of rotatable bonds is 7. The molecule has 1 heterocycles. The van der Waals surface area contributed by atoms with Crippen LogP contribution in [0.2, 0.25) is 5.02 Å². The van der Waals surface area contributed by atoms with E-state index in [0.29, 0.717) is 6.61 Å². The minimum atomic E-state index is 0.297. The van der Waals surface area contributed by atoms with Gasteiger partial charge < -0.3 is 10.0 Å². The molecule has 0 atom stereocenters. The highest BCUT2D eigenvalue weighted by molar-refractivity contribution is 7.19. The molecule has 0 radical (unpaired) electrons. The maximum absolute atomic E-state index is 8.75. The van der Waals surface area contributed by atoms with Crippen molar-refractivity contribution in [1.82, 2.24) is 4.90 Å². The van der Waals surface area contributed by atoms with Crippen molar-refractivity contribution in [3.63, 3.8) is 0 Å². The average Bonchev–Trinajstić information content (AvgIpc) is 2.72. The fraction of sp³-hybridized carbons (Fsp3) is 0.467. The summed E-state index contributed by atoms with van der Waals surface area (Å²) in [7, 11) is 2.12. The summed E-state index contributed by atoms with van der Waals surface area (Å²) in [5.41, 5.74) is 0. The van der Waals surface area contributed by atoms with Crippen molar-refractivity contribution in [2.75, 3.05) is 20.2 Å². The normalized spacial score (nSPS) is 11.6. The summed E-state index contributed by atoms with van der Waals surface area (Å²) in [6.45, 7) is 2.24. The molecular formula is C15H20ClNOS. The van der Waals surface area contributed by atoms with Gasteiger partial charge in [0.05, 0.1) is 5.02 Å². The van der Waals surface area contributed by atoms with Crippen LogP contribution in [0, 0.1) is 0 Å². The Balaban J connectivity index is 1.95. The van der Waals surface area contributed by atoms with Gasteiger partial charge in [0.15, 0.2) is 0 Å². The molecule has 2 rings (SSSR count). The molecule has 0 saturated carbocycles. The number of nitrogens with zero attached hydrogens (tertiary/aromatic N) is 1. The Morgan fingerprint density at radius 1 is 1.21 bits per heavy atom. The molecule has 1 aromatic heterocycles. The fourth-order valence-electron chi connectivity index (χ4n) is 2.16. The zero-order valence-electron chi connectivity index (χ0n) is 11.2. The third-order valence-corrected chi connectivity index (χ3v) is 4.91. The van der Waals surface area contributed by atoms with Gasteiger partial charge >= 0.3 is 0 Å². The SMILES string of the molecule is CN(CCCCCO)Cc1sc2ccccc2c1Cl. The second-order valence-electron chi connectivity index (χ2n) is 4.86. The van der Waals surface area contributed by atoms with E-state index in [-0.39, 0.29) is 0 Å². The number of aliphatic hydroxyl groups is 1. The van der Waals surface area contributed by atoms with E-state index in [9.17, 15) is 0 Å². The zero-order chi connectivity index (χ0) is 13.7. The van der Waals surface area contributed by atoms with Gasteiger partial charge in [-0.15, -0.1) is 11.3 Å². The van der Waals surface area contributed by atoms with Gasteiger partial charge in [-0.25, -0.2) is 0 Å². The van der Waals surface area contributed by atoms with Gasteiger partial charge in [-0.1, -0.05) is 29.8 Å². The Morgan fingerprint density at radius 3 is 2.74 bits per heavy atom. The van der Waals surface area contributed by atoms with Crippen molar-refractivity contribution in [2.24, 2.45) is 0 Å². The predicted molar refractivity (Wildman–Crippen MR) is 84.1 cm³/mol. The maximum atomic E-state index is 8.75. The molecule has 1 N–H and O–H groups in total. The lowest BCUT2D eigenvalue weighted by atomic mass is 10.2. The van der Waals surface area contributed by atoms with E-state index in [2.05, 4.69) is 30.1 Å². The van der Waals surface area contributed by atoms with E-state index in [4.69, 9.17) is 16.7 Å². The van der Waals surface area contributed by atoms with Crippen molar-refractivity contribution >= 4 is 33.0 Å². The molecule has 0 aliphatic carbocycles. The van der Waals surface area contributed by atoms with Gasteiger partial charge in [-0.05, 0) is 38.9 Å². The Bertz CT molecular complexity index is 526. The second kappa shape index (κ2) is 7.25. The van der Waals surface area contributed by atoms with Crippen molar-refractivity contribution in [1.29, 1.82) is 0 Å². The summed E-state index contributed by atoms with van der Waals surface area (Å²) < 4.78 is 1.26. The van der Waals surface area contributed by atoms with Crippen LogP contribution in [0.15, 0.2) is 24.3 Å². The van der Waals surface area contributed by atoms with Gasteiger partial charge in [0, 0.05) is 28.1 Å². The number of halogens is 1. The van der Waals surface area contributed by atoms with Gasteiger partial charge in [0.2, 0.25) is 0 Å². The van der Waals surface area contributed by atoms with Crippen LogP contribution in [-0.2, 0) is 6.54 Å². The molecule has 104 valence electrons. The maximum Gasteiger partial charge on any atom is 0.0637 e. The summed E-state index contributed by atoms with van der Waals surface area (Å²) in [6, 6.07) is 8.29. The van der Waals surface area contributed by atoms with Crippen molar-refractivity contribution in [2.45, 2.75) is 25.8 Å². The summed E-state index contributed by atoms with van der Waals surface area (Å²) in [4.78, 5) is 3.54. The van der Waals surface area contributed by atoms with E-state index < -0.39 is 0 Å².